The van der Waals surface area contributed by atoms with Crippen molar-refractivity contribution in [3.8, 4) is 22.8 Å². The summed E-state index contributed by atoms with van der Waals surface area (Å²) in [5, 5.41) is 11.3. The summed E-state index contributed by atoms with van der Waals surface area (Å²) in [7, 11) is 0. The number of alkyl halides is 2. The Balaban J connectivity index is 1.33. The highest BCUT2D eigenvalue weighted by atomic mass is 19.3. The minimum atomic E-state index is -3.69. The van der Waals surface area contributed by atoms with Crippen LogP contribution in [0.1, 0.15) is 29.7 Å². The predicted molar refractivity (Wildman–Crippen MR) is 125 cm³/mol. The fourth-order valence-corrected chi connectivity index (χ4v) is 4.77. The summed E-state index contributed by atoms with van der Waals surface area (Å²) < 4.78 is 36.0. The number of rotatable bonds is 6. The van der Waals surface area contributed by atoms with Crippen LogP contribution in [0, 0.1) is 0 Å². The third-order valence-corrected chi connectivity index (χ3v) is 6.78. The highest BCUT2D eigenvalue weighted by Crippen LogP contribution is 2.52. The van der Waals surface area contributed by atoms with Crippen molar-refractivity contribution in [2.45, 2.75) is 37.6 Å². The predicted octanol–water partition coefficient (Wildman–Crippen LogP) is 5.56. The molecule has 1 aliphatic carbocycles. The molecule has 35 heavy (non-hydrogen) atoms. The molecule has 0 amide bonds. The van der Waals surface area contributed by atoms with Crippen molar-refractivity contribution in [1.29, 1.82) is 0 Å². The third-order valence-electron chi connectivity index (χ3n) is 6.78. The van der Waals surface area contributed by atoms with Crippen molar-refractivity contribution in [2.24, 2.45) is 0 Å². The number of pyridine rings is 1. The van der Waals surface area contributed by atoms with Crippen LogP contribution in [0.15, 0.2) is 72.8 Å². The van der Waals surface area contributed by atoms with Gasteiger partial charge in [0.1, 0.15) is 5.78 Å². The molecule has 3 aromatic carbocycles. The van der Waals surface area contributed by atoms with E-state index >= 15 is 0 Å². The Kier molecular flexibility index (Phi) is 4.86. The molecular formula is C28H21F2NO4. The van der Waals surface area contributed by atoms with Crippen LogP contribution in [0.25, 0.3) is 22.0 Å². The molecule has 0 saturated heterocycles. The van der Waals surface area contributed by atoms with E-state index < -0.39 is 11.7 Å². The molecule has 2 heterocycles. The standard InChI is InChI=1S/C28H21F2NO4/c29-28(30)34-23-10-9-20(14-24(23)35-28)27(11-12-27)25(33)15-21-13-19-3-1-2-4-22(19)26(31-21)18-7-5-17(16-32)6-8-18/h1-10,13-14,32H,11-12,15-16H2. The highest BCUT2D eigenvalue weighted by Gasteiger charge is 2.52. The number of ketones is 1. The molecule has 7 heteroatoms. The van der Waals surface area contributed by atoms with Gasteiger partial charge in [-0.25, -0.2) is 0 Å². The molecule has 1 N–H and O–H groups in total. The van der Waals surface area contributed by atoms with Crippen LogP contribution in [0.5, 0.6) is 11.5 Å². The van der Waals surface area contributed by atoms with Gasteiger partial charge >= 0.3 is 6.29 Å². The van der Waals surface area contributed by atoms with Crippen LogP contribution in [-0.2, 0) is 23.2 Å². The summed E-state index contributed by atoms with van der Waals surface area (Å²) in [5.74, 6) is -0.0912. The van der Waals surface area contributed by atoms with E-state index in [1.165, 1.54) is 12.1 Å². The Morgan fingerprint density at radius 3 is 2.43 bits per heavy atom. The Labute approximate surface area is 200 Å². The molecule has 0 bridgehead atoms. The van der Waals surface area contributed by atoms with Crippen LogP contribution in [0.3, 0.4) is 0 Å². The lowest BCUT2D eigenvalue weighted by molar-refractivity contribution is -0.286. The van der Waals surface area contributed by atoms with Crippen LogP contribution in [0.2, 0.25) is 0 Å². The van der Waals surface area contributed by atoms with Gasteiger partial charge in [-0.15, -0.1) is 8.78 Å². The fraction of sp³-hybridized carbons (Fsp3) is 0.214. The van der Waals surface area contributed by atoms with Crippen molar-refractivity contribution in [2.75, 3.05) is 0 Å². The van der Waals surface area contributed by atoms with Gasteiger partial charge in [-0.1, -0.05) is 54.6 Å². The topological polar surface area (TPSA) is 68.7 Å². The van der Waals surface area contributed by atoms with Crippen LogP contribution in [-0.4, -0.2) is 22.2 Å². The number of benzene rings is 3. The van der Waals surface area contributed by atoms with Crippen molar-refractivity contribution in [3.63, 3.8) is 0 Å². The number of hydrogen-bond acceptors (Lipinski definition) is 5. The van der Waals surface area contributed by atoms with E-state index in [-0.39, 0.29) is 30.3 Å². The number of aromatic nitrogens is 1. The monoisotopic (exact) mass is 473 g/mol. The van der Waals surface area contributed by atoms with Crippen LogP contribution in [0.4, 0.5) is 8.78 Å². The molecule has 1 aliphatic heterocycles. The first-order valence-electron chi connectivity index (χ1n) is 11.4. The first kappa shape index (κ1) is 21.7. The maximum Gasteiger partial charge on any atom is 0.586 e. The SMILES string of the molecule is O=C(Cc1cc2ccccc2c(-c2ccc(CO)cc2)n1)C1(c2ccc3c(c2)OC(F)(F)O3)CC1. The van der Waals surface area contributed by atoms with Crippen molar-refractivity contribution >= 4 is 16.6 Å². The maximum atomic E-state index is 13.5. The highest BCUT2D eigenvalue weighted by molar-refractivity contribution is 5.98. The van der Waals surface area contributed by atoms with Gasteiger partial charge in [0.05, 0.1) is 17.7 Å². The number of halogens is 2. The van der Waals surface area contributed by atoms with E-state index in [0.717, 1.165) is 27.6 Å². The van der Waals surface area contributed by atoms with E-state index in [9.17, 15) is 18.7 Å². The van der Waals surface area contributed by atoms with Gasteiger partial charge in [-0.3, -0.25) is 9.78 Å². The Morgan fingerprint density at radius 1 is 0.943 bits per heavy atom. The quantitative estimate of drug-likeness (QED) is 0.397. The summed E-state index contributed by atoms with van der Waals surface area (Å²) in [6.07, 6.45) is -2.28. The maximum absolute atomic E-state index is 13.5. The average Bonchev–Trinajstić information content (AvgIpc) is 3.60. The van der Waals surface area contributed by atoms with E-state index in [1.807, 2.05) is 54.6 Å². The number of aliphatic hydroxyl groups excluding tert-OH is 1. The number of aliphatic hydroxyl groups is 1. The summed E-state index contributed by atoms with van der Waals surface area (Å²) in [6, 6.07) is 21.9. The van der Waals surface area contributed by atoms with E-state index in [2.05, 4.69) is 9.47 Å². The van der Waals surface area contributed by atoms with Crippen molar-refractivity contribution in [1.82, 2.24) is 4.98 Å². The van der Waals surface area contributed by atoms with Gasteiger partial charge in [-0.05, 0) is 47.6 Å². The summed E-state index contributed by atoms with van der Waals surface area (Å²) in [6.45, 7) is -0.0391. The molecule has 4 aromatic rings. The number of fused-ring (bicyclic) bond motifs is 2. The molecule has 0 spiro atoms. The Hall–Kier alpha value is -3.84. The molecule has 0 unspecified atom stereocenters. The van der Waals surface area contributed by atoms with Crippen LogP contribution < -0.4 is 9.47 Å². The summed E-state index contributed by atoms with van der Waals surface area (Å²) in [4.78, 5) is 18.4. The first-order chi connectivity index (χ1) is 16.9. The van der Waals surface area contributed by atoms with Crippen LogP contribution >= 0.6 is 0 Å². The second kappa shape index (κ2) is 7.85. The molecule has 176 valence electrons. The number of ether oxygens (including phenoxy) is 2. The summed E-state index contributed by atoms with van der Waals surface area (Å²) >= 11 is 0. The van der Waals surface area contributed by atoms with Gasteiger partial charge in [-0.2, -0.15) is 0 Å². The lowest BCUT2D eigenvalue weighted by Crippen LogP contribution is -2.26. The molecule has 1 saturated carbocycles. The van der Waals surface area contributed by atoms with E-state index in [4.69, 9.17) is 4.98 Å². The smallest absolute Gasteiger partial charge is 0.395 e. The average molecular weight is 473 g/mol. The molecule has 1 fully saturated rings. The second-order valence-electron chi connectivity index (χ2n) is 9.05. The van der Waals surface area contributed by atoms with Gasteiger partial charge in [0.2, 0.25) is 0 Å². The Morgan fingerprint density at radius 2 is 1.69 bits per heavy atom. The van der Waals surface area contributed by atoms with Gasteiger partial charge in [0.25, 0.3) is 0 Å². The molecule has 5 nitrogen and oxygen atoms in total. The molecule has 0 atom stereocenters. The third kappa shape index (κ3) is 3.82. The van der Waals surface area contributed by atoms with E-state index in [0.29, 0.717) is 24.1 Å². The number of nitrogens with zero attached hydrogens (tertiary/aromatic N) is 1. The molecule has 0 radical (unpaired) electrons. The minimum Gasteiger partial charge on any atom is -0.395 e. The van der Waals surface area contributed by atoms with Crippen molar-refractivity contribution in [3.05, 3.63) is 89.6 Å². The lowest BCUT2D eigenvalue weighted by atomic mass is 9.88. The Bertz CT molecular complexity index is 1460. The number of carbonyl (C=O) groups is 1. The zero-order chi connectivity index (χ0) is 24.2. The number of Topliss-reactive ketones (excluding diaryl/α,β-unsaturated/α-hetero) is 1. The molecular weight excluding hydrogens is 452 g/mol. The number of hydrogen-bond donors (Lipinski definition) is 1. The van der Waals surface area contributed by atoms with Gasteiger partial charge < -0.3 is 14.6 Å². The fourth-order valence-electron chi connectivity index (χ4n) is 4.77. The first-order valence-corrected chi connectivity index (χ1v) is 11.4. The molecule has 6 rings (SSSR count). The van der Waals surface area contributed by atoms with E-state index in [1.54, 1.807) is 6.07 Å². The second-order valence-corrected chi connectivity index (χ2v) is 9.05. The zero-order valence-corrected chi connectivity index (χ0v) is 18.6. The molecule has 1 aromatic heterocycles. The normalized spacial score (nSPS) is 16.9. The zero-order valence-electron chi connectivity index (χ0n) is 18.6. The summed E-state index contributed by atoms with van der Waals surface area (Å²) in [5.41, 5.74) is 3.04. The van der Waals surface area contributed by atoms with Gasteiger partial charge in [0, 0.05) is 23.1 Å². The number of carbonyl (C=O) groups excluding carboxylic acids is 1. The lowest BCUT2D eigenvalue weighted by Gasteiger charge is -2.16. The van der Waals surface area contributed by atoms with Gasteiger partial charge in [0.15, 0.2) is 11.5 Å². The molecule has 2 aliphatic rings. The minimum absolute atomic E-state index is 0.00696. The van der Waals surface area contributed by atoms with Crippen molar-refractivity contribution < 1.29 is 28.2 Å². The largest absolute Gasteiger partial charge is 0.586 e.